The number of nitrogens with one attached hydrogen (secondary N) is 1. The van der Waals surface area contributed by atoms with E-state index >= 15 is 0 Å². The van der Waals surface area contributed by atoms with Gasteiger partial charge in [-0.25, -0.2) is 9.97 Å². The molecule has 0 bridgehead atoms. The van der Waals surface area contributed by atoms with E-state index in [1.165, 1.54) is 0 Å². The van der Waals surface area contributed by atoms with Gasteiger partial charge in [0.25, 0.3) is 5.91 Å². The van der Waals surface area contributed by atoms with Crippen LogP contribution in [-0.2, 0) is 5.41 Å². The van der Waals surface area contributed by atoms with E-state index < -0.39 is 0 Å². The van der Waals surface area contributed by atoms with Gasteiger partial charge >= 0.3 is 0 Å². The van der Waals surface area contributed by atoms with Gasteiger partial charge in [0.1, 0.15) is 5.82 Å². The predicted octanol–water partition coefficient (Wildman–Crippen LogP) is 3.03. The molecule has 1 amide bonds. The lowest BCUT2D eigenvalue weighted by molar-refractivity contribution is 0.102. The number of carbonyl (C=O) groups excluding carboxylic acids is 1. The van der Waals surface area contributed by atoms with Crippen molar-refractivity contribution in [1.29, 1.82) is 0 Å². The van der Waals surface area contributed by atoms with Gasteiger partial charge in [-0.15, -0.1) is 12.4 Å². The second-order valence-electron chi connectivity index (χ2n) is 5.62. The molecule has 0 aliphatic rings. The summed E-state index contributed by atoms with van der Waals surface area (Å²) in [5.41, 5.74) is 7.16. The zero-order valence-corrected chi connectivity index (χ0v) is 13.1. The Balaban J connectivity index is 0.00000220. The Kier molecular flexibility index (Phi) is 5.27. The molecule has 2 rings (SSSR count). The first-order valence-corrected chi connectivity index (χ1v) is 6.36. The number of nitrogen functional groups attached to an aromatic ring is 1. The molecule has 1 aromatic heterocycles. The SMILES string of the molecule is CC(C)(C)c1ncc(NC(=O)c2cccc(N)c2)cn1.Cl. The molecule has 0 aliphatic carbocycles. The van der Waals surface area contributed by atoms with Crippen molar-refractivity contribution in [3.63, 3.8) is 0 Å². The number of aromatic nitrogens is 2. The van der Waals surface area contributed by atoms with Crippen LogP contribution in [0.25, 0.3) is 0 Å². The van der Waals surface area contributed by atoms with Gasteiger partial charge < -0.3 is 11.1 Å². The topological polar surface area (TPSA) is 80.9 Å². The molecule has 21 heavy (non-hydrogen) atoms. The number of hydrogen-bond donors (Lipinski definition) is 2. The van der Waals surface area contributed by atoms with E-state index in [9.17, 15) is 4.79 Å². The van der Waals surface area contributed by atoms with Gasteiger partial charge in [-0.2, -0.15) is 0 Å². The third kappa shape index (κ3) is 4.43. The molecule has 0 spiro atoms. The minimum Gasteiger partial charge on any atom is -0.399 e. The number of anilines is 2. The summed E-state index contributed by atoms with van der Waals surface area (Å²) in [7, 11) is 0. The monoisotopic (exact) mass is 306 g/mol. The van der Waals surface area contributed by atoms with Gasteiger partial charge in [-0.1, -0.05) is 26.8 Å². The predicted molar refractivity (Wildman–Crippen MR) is 86.8 cm³/mol. The summed E-state index contributed by atoms with van der Waals surface area (Å²) >= 11 is 0. The summed E-state index contributed by atoms with van der Waals surface area (Å²) in [4.78, 5) is 20.6. The molecule has 0 aliphatic heterocycles. The van der Waals surface area contributed by atoms with E-state index in [-0.39, 0.29) is 23.7 Å². The number of carbonyl (C=O) groups is 1. The van der Waals surface area contributed by atoms with Crippen LogP contribution in [0, 0.1) is 0 Å². The first-order chi connectivity index (χ1) is 9.36. The Hall–Kier alpha value is -2.14. The maximum absolute atomic E-state index is 12.0. The summed E-state index contributed by atoms with van der Waals surface area (Å²) in [6, 6.07) is 6.80. The summed E-state index contributed by atoms with van der Waals surface area (Å²) < 4.78 is 0. The normalized spacial score (nSPS) is 10.6. The molecular formula is C15H19ClN4O. The quantitative estimate of drug-likeness (QED) is 0.836. The fourth-order valence-electron chi connectivity index (χ4n) is 1.66. The van der Waals surface area contributed by atoms with Crippen LogP contribution in [-0.4, -0.2) is 15.9 Å². The molecule has 6 heteroatoms. The van der Waals surface area contributed by atoms with E-state index in [0.29, 0.717) is 16.9 Å². The van der Waals surface area contributed by atoms with Crippen molar-refractivity contribution >= 4 is 29.7 Å². The standard InChI is InChI=1S/C15H18N4O.ClH/c1-15(2,3)14-17-8-12(9-18-14)19-13(20)10-5-4-6-11(16)7-10;/h4-9H,16H2,1-3H3,(H,19,20);1H. The fourth-order valence-corrected chi connectivity index (χ4v) is 1.66. The van der Waals surface area contributed by atoms with E-state index in [1.807, 2.05) is 20.8 Å². The summed E-state index contributed by atoms with van der Waals surface area (Å²) in [6.45, 7) is 6.11. The second-order valence-corrected chi connectivity index (χ2v) is 5.62. The molecule has 0 unspecified atom stereocenters. The van der Waals surface area contributed by atoms with Gasteiger partial charge in [0.2, 0.25) is 0 Å². The van der Waals surface area contributed by atoms with Crippen LogP contribution in [0.2, 0.25) is 0 Å². The Morgan fingerprint density at radius 2 is 1.81 bits per heavy atom. The van der Waals surface area contributed by atoms with E-state index in [1.54, 1.807) is 36.7 Å². The Morgan fingerprint density at radius 1 is 1.19 bits per heavy atom. The van der Waals surface area contributed by atoms with Crippen LogP contribution in [0.4, 0.5) is 11.4 Å². The molecule has 1 aromatic carbocycles. The lowest BCUT2D eigenvalue weighted by Crippen LogP contribution is -2.17. The van der Waals surface area contributed by atoms with Crippen molar-refractivity contribution in [3.05, 3.63) is 48.0 Å². The molecular weight excluding hydrogens is 288 g/mol. The number of nitrogens with two attached hydrogens (primary N) is 1. The van der Waals surface area contributed by atoms with Crippen molar-refractivity contribution in [2.24, 2.45) is 0 Å². The maximum atomic E-state index is 12.0. The van der Waals surface area contributed by atoms with Crippen LogP contribution < -0.4 is 11.1 Å². The smallest absolute Gasteiger partial charge is 0.255 e. The van der Waals surface area contributed by atoms with Crippen molar-refractivity contribution < 1.29 is 4.79 Å². The molecule has 2 aromatic rings. The highest BCUT2D eigenvalue weighted by Crippen LogP contribution is 2.18. The largest absolute Gasteiger partial charge is 0.399 e. The third-order valence-corrected chi connectivity index (χ3v) is 2.73. The van der Waals surface area contributed by atoms with Gasteiger partial charge in [0, 0.05) is 16.7 Å². The number of nitrogens with zero attached hydrogens (tertiary/aromatic N) is 2. The summed E-state index contributed by atoms with van der Waals surface area (Å²) in [5, 5.41) is 2.74. The molecule has 0 fully saturated rings. The van der Waals surface area contributed by atoms with Gasteiger partial charge in [0.15, 0.2) is 0 Å². The lowest BCUT2D eigenvalue weighted by atomic mass is 9.96. The average Bonchev–Trinajstić information content (AvgIpc) is 2.38. The highest BCUT2D eigenvalue weighted by Gasteiger charge is 2.17. The molecule has 1 heterocycles. The minimum atomic E-state index is -0.232. The van der Waals surface area contributed by atoms with Crippen molar-refractivity contribution in [2.75, 3.05) is 11.1 Å². The van der Waals surface area contributed by atoms with Crippen LogP contribution in [0.1, 0.15) is 37.0 Å². The lowest BCUT2D eigenvalue weighted by Gasteiger charge is -2.16. The molecule has 0 saturated carbocycles. The first kappa shape index (κ1) is 16.9. The second kappa shape index (κ2) is 6.54. The fraction of sp³-hybridized carbons (Fsp3) is 0.267. The van der Waals surface area contributed by atoms with Crippen molar-refractivity contribution in [2.45, 2.75) is 26.2 Å². The van der Waals surface area contributed by atoms with E-state index in [2.05, 4.69) is 15.3 Å². The zero-order chi connectivity index (χ0) is 14.8. The Labute approximate surface area is 130 Å². The van der Waals surface area contributed by atoms with Crippen LogP contribution in [0.5, 0.6) is 0 Å². The van der Waals surface area contributed by atoms with Crippen LogP contribution in [0.15, 0.2) is 36.7 Å². The molecule has 0 radical (unpaired) electrons. The average molecular weight is 307 g/mol. The summed E-state index contributed by atoms with van der Waals surface area (Å²) in [6.07, 6.45) is 3.22. The van der Waals surface area contributed by atoms with Gasteiger partial charge in [-0.3, -0.25) is 4.79 Å². The Morgan fingerprint density at radius 3 is 2.33 bits per heavy atom. The van der Waals surface area contributed by atoms with E-state index in [4.69, 9.17) is 5.73 Å². The minimum absolute atomic E-state index is 0. The van der Waals surface area contributed by atoms with Gasteiger partial charge in [-0.05, 0) is 18.2 Å². The van der Waals surface area contributed by atoms with E-state index in [0.717, 1.165) is 5.82 Å². The van der Waals surface area contributed by atoms with Crippen molar-refractivity contribution in [3.8, 4) is 0 Å². The van der Waals surface area contributed by atoms with Crippen LogP contribution in [0.3, 0.4) is 0 Å². The number of amides is 1. The first-order valence-electron chi connectivity index (χ1n) is 6.36. The number of halogens is 1. The van der Waals surface area contributed by atoms with Gasteiger partial charge in [0.05, 0.1) is 18.1 Å². The number of benzene rings is 1. The molecule has 0 saturated heterocycles. The van der Waals surface area contributed by atoms with Crippen LogP contribution >= 0.6 is 12.4 Å². The molecule has 3 N–H and O–H groups in total. The molecule has 112 valence electrons. The third-order valence-electron chi connectivity index (χ3n) is 2.73. The zero-order valence-electron chi connectivity index (χ0n) is 12.3. The maximum Gasteiger partial charge on any atom is 0.255 e. The number of rotatable bonds is 2. The highest BCUT2D eigenvalue weighted by atomic mass is 35.5. The molecule has 5 nitrogen and oxygen atoms in total. The summed E-state index contributed by atoms with van der Waals surface area (Å²) in [5.74, 6) is 0.504. The Bertz CT molecular complexity index is 620. The highest BCUT2D eigenvalue weighted by molar-refractivity contribution is 6.04. The number of hydrogen-bond acceptors (Lipinski definition) is 4. The van der Waals surface area contributed by atoms with Crippen molar-refractivity contribution in [1.82, 2.24) is 9.97 Å². The molecule has 0 atom stereocenters.